The second kappa shape index (κ2) is 11.9. The van der Waals surface area contributed by atoms with Crippen molar-refractivity contribution in [1.82, 2.24) is 14.7 Å². The summed E-state index contributed by atoms with van der Waals surface area (Å²) < 4.78 is 86.1. The predicted molar refractivity (Wildman–Crippen MR) is 135 cm³/mol. The van der Waals surface area contributed by atoms with Gasteiger partial charge in [0.2, 0.25) is 0 Å². The van der Waals surface area contributed by atoms with E-state index in [1.165, 1.54) is 4.90 Å². The Kier molecular flexibility index (Phi) is 8.92. The normalized spacial score (nSPS) is 19.9. The fourth-order valence-electron chi connectivity index (χ4n) is 5.12. The number of rotatable bonds is 6. The molecule has 0 aromatic heterocycles. The third-order valence-electron chi connectivity index (χ3n) is 7.54. The van der Waals surface area contributed by atoms with Crippen LogP contribution in [0.2, 0.25) is 0 Å². The number of nitrogens with zero attached hydrogens (tertiary/aromatic N) is 3. The lowest BCUT2D eigenvalue weighted by Gasteiger charge is -2.42. The number of carbonyl (C=O) groups is 1. The molecule has 2 aliphatic rings. The van der Waals surface area contributed by atoms with Crippen LogP contribution in [-0.4, -0.2) is 85.7 Å². The summed E-state index contributed by atoms with van der Waals surface area (Å²) in [5.74, 6) is -0.826. The number of hydrogen-bond acceptors (Lipinski definition) is 4. The number of carbonyl (C=O) groups excluding carboxylic acids is 1. The monoisotopic (exact) mass is 557 g/mol. The van der Waals surface area contributed by atoms with Crippen LogP contribution >= 0.6 is 0 Å². The van der Waals surface area contributed by atoms with Crippen molar-refractivity contribution in [2.24, 2.45) is 0 Å². The van der Waals surface area contributed by atoms with Crippen LogP contribution in [0.1, 0.15) is 38.2 Å². The smallest absolute Gasteiger partial charge is 0.379 e. The Morgan fingerprint density at radius 1 is 0.821 bits per heavy atom. The molecule has 39 heavy (non-hydrogen) atoms. The first-order chi connectivity index (χ1) is 18.3. The molecule has 0 N–H and O–H groups in total. The van der Waals surface area contributed by atoms with E-state index in [-0.39, 0.29) is 12.6 Å². The van der Waals surface area contributed by atoms with E-state index in [9.17, 15) is 31.1 Å². The highest BCUT2D eigenvalue weighted by Crippen LogP contribution is 2.37. The van der Waals surface area contributed by atoms with Crippen LogP contribution in [-0.2, 0) is 23.5 Å². The van der Waals surface area contributed by atoms with Crippen molar-refractivity contribution in [3.05, 3.63) is 69.8 Å². The molecule has 2 fully saturated rings. The zero-order valence-corrected chi connectivity index (χ0v) is 22.0. The van der Waals surface area contributed by atoms with Crippen LogP contribution in [0, 0.1) is 13.8 Å². The molecule has 214 valence electrons. The molecule has 2 aromatic carbocycles. The highest BCUT2D eigenvalue weighted by molar-refractivity contribution is 5.95. The molecule has 0 saturated carbocycles. The van der Waals surface area contributed by atoms with Gasteiger partial charge in [0.15, 0.2) is 0 Å². The largest absolute Gasteiger partial charge is 0.416 e. The van der Waals surface area contributed by atoms with Gasteiger partial charge in [-0.1, -0.05) is 18.2 Å². The van der Waals surface area contributed by atoms with Crippen LogP contribution in [0.25, 0.3) is 0 Å². The first kappa shape index (κ1) is 29.4. The number of benzene rings is 2. The molecule has 2 aromatic rings. The van der Waals surface area contributed by atoms with E-state index < -0.39 is 41.0 Å². The lowest BCUT2D eigenvalue weighted by Crippen LogP contribution is -2.57. The quantitative estimate of drug-likeness (QED) is 0.467. The summed E-state index contributed by atoms with van der Waals surface area (Å²) in [7, 11) is 0. The summed E-state index contributed by atoms with van der Waals surface area (Å²) in [4.78, 5) is 19.5. The van der Waals surface area contributed by atoms with Gasteiger partial charge in [-0.2, -0.15) is 26.3 Å². The van der Waals surface area contributed by atoms with Crippen LogP contribution in [0.5, 0.6) is 0 Å². The Hall–Kier alpha value is -2.63. The third kappa shape index (κ3) is 7.52. The maximum absolute atomic E-state index is 13.5. The first-order valence-corrected chi connectivity index (χ1v) is 13.0. The average molecular weight is 558 g/mol. The zero-order valence-electron chi connectivity index (χ0n) is 22.0. The number of hydrogen-bond donors (Lipinski definition) is 0. The standard InChI is InChI=1S/C28H33F6N3O2/c1-19-3-4-21(13-20(19)2)14-25-18-36(6-5-35-9-11-39-12-10-35)7-8-37(25)26(38)22-15-23(27(29,30)31)17-24(16-22)28(32,33)34/h3-4,13,15-17,25H,5-12,14,18H2,1-2H3. The van der Waals surface area contributed by atoms with E-state index in [0.29, 0.717) is 44.9 Å². The van der Waals surface area contributed by atoms with Crippen LogP contribution in [0.4, 0.5) is 26.3 Å². The van der Waals surface area contributed by atoms with Crippen molar-refractivity contribution in [1.29, 1.82) is 0 Å². The van der Waals surface area contributed by atoms with E-state index in [4.69, 9.17) is 4.74 Å². The van der Waals surface area contributed by atoms with Gasteiger partial charge < -0.3 is 9.64 Å². The second-order valence-electron chi connectivity index (χ2n) is 10.3. The minimum absolute atomic E-state index is 0.0485. The van der Waals surface area contributed by atoms with Gasteiger partial charge in [0.05, 0.1) is 24.3 Å². The zero-order chi connectivity index (χ0) is 28.4. The maximum Gasteiger partial charge on any atom is 0.416 e. The molecule has 11 heteroatoms. The summed E-state index contributed by atoms with van der Waals surface area (Å²) in [5.41, 5.74) is -0.463. The number of morpholine rings is 1. The summed E-state index contributed by atoms with van der Waals surface area (Å²) >= 11 is 0. The van der Waals surface area contributed by atoms with Crippen molar-refractivity contribution in [3.63, 3.8) is 0 Å². The Balaban J connectivity index is 1.59. The number of ether oxygens (including phenoxy) is 1. The van der Waals surface area contributed by atoms with Crippen LogP contribution < -0.4 is 0 Å². The molecule has 1 atom stereocenters. The van der Waals surface area contributed by atoms with E-state index in [1.54, 1.807) is 0 Å². The highest BCUT2D eigenvalue weighted by atomic mass is 19.4. The topological polar surface area (TPSA) is 36.0 Å². The summed E-state index contributed by atoms with van der Waals surface area (Å²) in [5, 5.41) is 0. The number of halogens is 6. The minimum atomic E-state index is -5.02. The Bertz CT molecular complexity index is 1130. The van der Waals surface area contributed by atoms with Crippen molar-refractivity contribution in [2.45, 2.75) is 38.7 Å². The molecule has 0 aliphatic carbocycles. The van der Waals surface area contributed by atoms with E-state index in [0.717, 1.165) is 42.9 Å². The van der Waals surface area contributed by atoms with E-state index in [1.807, 2.05) is 32.0 Å². The van der Waals surface area contributed by atoms with Crippen molar-refractivity contribution in [3.8, 4) is 0 Å². The SMILES string of the molecule is Cc1ccc(CC2CN(CCN3CCOCC3)CCN2C(=O)c2cc(C(F)(F)F)cc(C(F)(F)F)c2)cc1C. The molecule has 1 unspecified atom stereocenters. The van der Waals surface area contributed by atoms with Gasteiger partial charge >= 0.3 is 12.4 Å². The summed E-state index contributed by atoms with van der Waals surface area (Å²) in [6, 6.07) is 6.61. The van der Waals surface area contributed by atoms with Crippen LogP contribution in [0.15, 0.2) is 36.4 Å². The Morgan fingerprint density at radius 3 is 2.03 bits per heavy atom. The molecule has 2 heterocycles. The third-order valence-corrected chi connectivity index (χ3v) is 7.54. The van der Waals surface area contributed by atoms with Crippen molar-refractivity contribution < 1.29 is 35.9 Å². The molecule has 0 spiro atoms. The number of aryl methyl sites for hydroxylation is 2. The minimum Gasteiger partial charge on any atom is -0.379 e. The maximum atomic E-state index is 13.5. The molecular formula is C28H33F6N3O2. The van der Waals surface area contributed by atoms with Gasteiger partial charge in [0.1, 0.15) is 0 Å². The molecule has 2 aliphatic heterocycles. The second-order valence-corrected chi connectivity index (χ2v) is 10.3. The van der Waals surface area contributed by atoms with Crippen molar-refractivity contribution in [2.75, 3.05) is 59.0 Å². The van der Waals surface area contributed by atoms with E-state index >= 15 is 0 Å². The molecule has 4 rings (SSSR count). The summed E-state index contributed by atoms with van der Waals surface area (Å²) in [6.07, 6.45) is -9.60. The van der Waals surface area contributed by atoms with Gasteiger partial charge in [0.25, 0.3) is 5.91 Å². The Labute approximate surface area is 224 Å². The molecule has 0 bridgehead atoms. The van der Waals surface area contributed by atoms with Gasteiger partial charge in [-0.25, -0.2) is 0 Å². The number of alkyl halides is 6. The number of piperazine rings is 1. The molecule has 5 nitrogen and oxygen atoms in total. The van der Waals surface area contributed by atoms with Gasteiger partial charge in [-0.05, 0) is 55.2 Å². The van der Waals surface area contributed by atoms with Crippen LogP contribution in [0.3, 0.4) is 0 Å². The lowest BCUT2D eigenvalue weighted by atomic mass is 9.97. The first-order valence-electron chi connectivity index (χ1n) is 13.0. The fraction of sp³-hybridized carbons (Fsp3) is 0.536. The molecular weight excluding hydrogens is 524 g/mol. The highest BCUT2D eigenvalue weighted by Gasteiger charge is 2.39. The van der Waals surface area contributed by atoms with Gasteiger partial charge in [-0.15, -0.1) is 0 Å². The molecule has 1 amide bonds. The van der Waals surface area contributed by atoms with E-state index in [2.05, 4.69) is 9.80 Å². The van der Waals surface area contributed by atoms with Gasteiger partial charge in [0, 0.05) is 57.4 Å². The van der Waals surface area contributed by atoms with Gasteiger partial charge in [-0.3, -0.25) is 14.6 Å². The number of amides is 1. The fourth-order valence-corrected chi connectivity index (χ4v) is 5.12. The molecule has 0 radical (unpaired) electrons. The average Bonchev–Trinajstić information content (AvgIpc) is 2.89. The summed E-state index contributed by atoms with van der Waals surface area (Å²) in [6.45, 7) is 9.68. The lowest BCUT2D eigenvalue weighted by molar-refractivity contribution is -0.143. The molecule has 2 saturated heterocycles. The predicted octanol–water partition coefficient (Wildman–Crippen LogP) is 5.04. The van der Waals surface area contributed by atoms with Crippen molar-refractivity contribution >= 4 is 5.91 Å². The Morgan fingerprint density at radius 2 is 1.44 bits per heavy atom.